The molecule has 1 fully saturated rings. The average Bonchev–Trinajstić information content (AvgIpc) is 2.63. The van der Waals surface area contributed by atoms with Gasteiger partial charge in [0.25, 0.3) is 5.91 Å². The minimum atomic E-state index is -4.92. The number of benzene rings is 1. The first-order chi connectivity index (χ1) is 9.99. The minimum absolute atomic E-state index is 0.0440. The second-order valence-electron chi connectivity index (χ2n) is 6.50. The maximum Gasteiger partial charge on any atom is 0.425 e. The van der Waals surface area contributed by atoms with Crippen LogP contribution in [0, 0.1) is 0 Å². The van der Waals surface area contributed by atoms with Crippen LogP contribution in [0.15, 0.2) is 30.3 Å². The number of urea groups is 1. The highest BCUT2D eigenvalue weighted by Gasteiger charge is 2.68. The molecule has 1 aliphatic heterocycles. The first kappa shape index (κ1) is 16.5. The van der Waals surface area contributed by atoms with E-state index in [-0.39, 0.29) is 11.7 Å². The maximum atomic E-state index is 13.7. The van der Waals surface area contributed by atoms with E-state index in [0.717, 1.165) is 0 Å². The summed E-state index contributed by atoms with van der Waals surface area (Å²) >= 11 is 0. The lowest BCUT2D eigenvalue weighted by atomic mass is 9.89. The Labute approximate surface area is 127 Å². The van der Waals surface area contributed by atoms with Gasteiger partial charge in [-0.3, -0.25) is 9.69 Å². The fourth-order valence-electron chi connectivity index (χ4n) is 2.43. The highest BCUT2D eigenvalue weighted by atomic mass is 28.3. The van der Waals surface area contributed by atoms with Crippen molar-refractivity contribution in [3.05, 3.63) is 35.9 Å². The molecule has 1 saturated heterocycles. The van der Waals surface area contributed by atoms with Crippen LogP contribution in [-0.4, -0.2) is 37.3 Å². The lowest BCUT2D eigenvalue weighted by molar-refractivity contribution is -0.198. The SMILES string of the molecule is C[Si](C)(C)CN1C(=O)NC(c2ccccc2)(C(F)(F)F)C1=O. The molecule has 1 atom stereocenters. The van der Waals surface area contributed by atoms with Crippen LogP contribution in [0.4, 0.5) is 18.0 Å². The van der Waals surface area contributed by atoms with E-state index >= 15 is 0 Å². The van der Waals surface area contributed by atoms with E-state index in [0.29, 0.717) is 4.90 Å². The second-order valence-corrected chi connectivity index (χ2v) is 11.9. The van der Waals surface area contributed by atoms with Crippen molar-refractivity contribution in [2.45, 2.75) is 31.4 Å². The third kappa shape index (κ3) is 2.62. The number of alkyl halides is 3. The van der Waals surface area contributed by atoms with Gasteiger partial charge in [-0.1, -0.05) is 50.0 Å². The smallest absolute Gasteiger partial charge is 0.312 e. The number of carbonyl (C=O) groups is 2. The van der Waals surface area contributed by atoms with E-state index in [1.807, 2.05) is 25.0 Å². The number of amides is 3. The standard InChI is InChI=1S/C14H17F3N2O2Si/c1-22(2,3)9-19-11(20)13(14(15,16)17,18-12(19)21)10-7-5-4-6-8-10/h4-8H,9H2,1-3H3,(H,18,21). The molecule has 1 unspecified atom stereocenters. The summed E-state index contributed by atoms with van der Waals surface area (Å²) in [5.41, 5.74) is -3.27. The monoisotopic (exact) mass is 330 g/mol. The van der Waals surface area contributed by atoms with E-state index in [4.69, 9.17) is 0 Å². The Balaban J connectivity index is 2.54. The molecule has 0 radical (unpaired) electrons. The number of nitrogens with zero attached hydrogens (tertiary/aromatic N) is 1. The third-order valence-corrected chi connectivity index (χ3v) is 4.63. The molecule has 4 nitrogen and oxygen atoms in total. The number of hydrogen-bond acceptors (Lipinski definition) is 2. The number of nitrogens with one attached hydrogen (secondary N) is 1. The van der Waals surface area contributed by atoms with Gasteiger partial charge in [0.1, 0.15) is 0 Å². The van der Waals surface area contributed by atoms with Gasteiger partial charge in [0.2, 0.25) is 5.54 Å². The molecule has 1 N–H and O–H groups in total. The van der Waals surface area contributed by atoms with Crippen molar-refractivity contribution in [1.29, 1.82) is 0 Å². The van der Waals surface area contributed by atoms with Crippen molar-refractivity contribution < 1.29 is 22.8 Å². The van der Waals surface area contributed by atoms with Gasteiger partial charge in [0.05, 0.1) is 8.07 Å². The molecule has 0 aromatic heterocycles. The van der Waals surface area contributed by atoms with Gasteiger partial charge in [-0.25, -0.2) is 4.79 Å². The highest BCUT2D eigenvalue weighted by molar-refractivity contribution is 6.76. The van der Waals surface area contributed by atoms with E-state index in [9.17, 15) is 22.8 Å². The first-order valence-electron chi connectivity index (χ1n) is 6.75. The molecular weight excluding hydrogens is 313 g/mol. The Bertz CT molecular complexity index is 598. The van der Waals surface area contributed by atoms with Crippen molar-refractivity contribution in [3.8, 4) is 0 Å². The first-order valence-corrected chi connectivity index (χ1v) is 10.5. The van der Waals surface area contributed by atoms with Crippen LogP contribution < -0.4 is 5.32 Å². The highest BCUT2D eigenvalue weighted by Crippen LogP contribution is 2.43. The van der Waals surface area contributed by atoms with Crippen molar-refractivity contribution in [2.75, 3.05) is 6.17 Å². The summed E-state index contributed by atoms with van der Waals surface area (Å²) in [6, 6.07) is 5.77. The summed E-state index contributed by atoms with van der Waals surface area (Å²) in [4.78, 5) is 25.2. The van der Waals surface area contributed by atoms with Gasteiger partial charge in [-0.15, -0.1) is 0 Å². The van der Waals surface area contributed by atoms with Crippen molar-refractivity contribution >= 4 is 20.0 Å². The molecule has 0 saturated carbocycles. The molecule has 120 valence electrons. The Morgan fingerprint density at radius 1 is 1.14 bits per heavy atom. The van der Waals surface area contributed by atoms with Gasteiger partial charge < -0.3 is 5.32 Å². The van der Waals surface area contributed by atoms with Crippen LogP contribution in [0.3, 0.4) is 0 Å². The quantitative estimate of drug-likeness (QED) is 0.684. The zero-order valence-corrected chi connectivity index (χ0v) is 13.5. The summed E-state index contributed by atoms with van der Waals surface area (Å²) in [6.07, 6.45) is -4.88. The van der Waals surface area contributed by atoms with Gasteiger partial charge in [-0.2, -0.15) is 13.2 Å². The average molecular weight is 330 g/mol. The van der Waals surface area contributed by atoms with Crippen molar-refractivity contribution in [3.63, 3.8) is 0 Å². The molecule has 1 aliphatic rings. The van der Waals surface area contributed by atoms with Crippen molar-refractivity contribution in [1.82, 2.24) is 10.2 Å². The molecule has 1 heterocycles. The molecule has 22 heavy (non-hydrogen) atoms. The molecule has 0 aliphatic carbocycles. The molecular formula is C14H17F3N2O2Si. The van der Waals surface area contributed by atoms with Crippen LogP contribution in [-0.2, 0) is 10.3 Å². The van der Waals surface area contributed by atoms with Crippen LogP contribution in [0.5, 0.6) is 0 Å². The zero-order chi connectivity index (χ0) is 16.8. The van der Waals surface area contributed by atoms with Crippen LogP contribution in [0.2, 0.25) is 19.6 Å². The molecule has 1 aromatic carbocycles. The number of imide groups is 1. The Kier molecular flexibility index (Phi) is 3.84. The normalized spacial score (nSPS) is 22.9. The molecule has 2 rings (SSSR count). The molecule has 1 aromatic rings. The zero-order valence-electron chi connectivity index (χ0n) is 12.5. The van der Waals surface area contributed by atoms with Crippen LogP contribution >= 0.6 is 0 Å². The summed E-state index contributed by atoms with van der Waals surface area (Å²) in [5.74, 6) is -1.25. The van der Waals surface area contributed by atoms with E-state index in [2.05, 4.69) is 0 Å². The Morgan fingerprint density at radius 2 is 1.68 bits per heavy atom. The van der Waals surface area contributed by atoms with Gasteiger partial charge in [0, 0.05) is 6.17 Å². The summed E-state index contributed by atoms with van der Waals surface area (Å²) in [5, 5.41) is 1.88. The molecule has 8 heteroatoms. The fourth-order valence-corrected chi connectivity index (χ4v) is 3.67. The number of carbonyl (C=O) groups excluding carboxylic acids is 2. The van der Waals surface area contributed by atoms with Crippen LogP contribution in [0.1, 0.15) is 5.56 Å². The minimum Gasteiger partial charge on any atom is -0.312 e. The van der Waals surface area contributed by atoms with Gasteiger partial charge in [-0.05, 0) is 5.56 Å². The summed E-state index contributed by atoms with van der Waals surface area (Å²) < 4.78 is 41.0. The summed E-state index contributed by atoms with van der Waals surface area (Å²) in [7, 11) is -1.95. The Morgan fingerprint density at radius 3 is 2.14 bits per heavy atom. The van der Waals surface area contributed by atoms with Gasteiger partial charge in [0.15, 0.2) is 0 Å². The number of rotatable bonds is 3. The number of hydrogen-bond donors (Lipinski definition) is 1. The third-order valence-electron chi connectivity index (χ3n) is 3.37. The van der Waals surface area contributed by atoms with E-state index in [1.54, 1.807) is 6.07 Å². The molecule has 3 amide bonds. The molecule has 0 spiro atoms. The van der Waals surface area contributed by atoms with Gasteiger partial charge >= 0.3 is 12.2 Å². The summed E-state index contributed by atoms with van der Waals surface area (Å²) in [6.45, 7) is 5.64. The number of halogens is 3. The Hall–Kier alpha value is -1.83. The predicted octanol–water partition coefficient (Wildman–Crippen LogP) is 2.87. The lowest BCUT2D eigenvalue weighted by Crippen LogP contribution is -2.56. The second kappa shape index (κ2) is 5.11. The van der Waals surface area contributed by atoms with Crippen molar-refractivity contribution in [2.24, 2.45) is 0 Å². The van der Waals surface area contributed by atoms with Crippen LogP contribution in [0.25, 0.3) is 0 Å². The predicted molar refractivity (Wildman–Crippen MR) is 77.8 cm³/mol. The fraction of sp³-hybridized carbons (Fsp3) is 0.429. The van der Waals surface area contributed by atoms with E-state index in [1.165, 1.54) is 24.3 Å². The molecule has 0 bridgehead atoms. The largest absolute Gasteiger partial charge is 0.425 e. The lowest BCUT2D eigenvalue weighted by Gasteiger charge is -2.30. The maximum absolute atomic E-state index is 13.7. The topological polar surface area (TPSA) is 49.4 Å². The van der Waals surface area contributed by atoms with E-state index < -0.39 is 31.7 Å².